The van der Waals surface area contributed by atoms with Gasteiger partial charge in [-0.2, -0.15) is 0 Å². The summed E-state index contributed by atoms with van der Waals surface area (Å²) in [5.41, 5.74) is 6.65. The minimum Gasteiger partial charge on any atom is -0.0622 e. The van der Waals surface area contributed by atoms with E-state index in [0.717, 1.165) is 0 Å². The summed E-state index contributed by atoms with van der Waals surface area (Å²) in [6.45, 7) is 6.75. The molecule has 0 N–H and O–H groups in total. The predicted octanol–water partition coefficient (Wildman–Crippen LogP) is 5.91. The highest BCUT2D eigenvalue weighted by molar-refractivity contribution is 5.86. The van der Waals surface area contributed by atoms with Crippen molar-refractivity contribution in [1.82, 2.24) is 0 Å². The van der Waals surface area contributed by atoms with Crippen LogP contribution in [0.15, 0.2) is 84.5 Å². The Morgan fingerprint density at radius 1 is 0.682 bits per heavy atom. The molecule has 0 fully saturated rings. The van der Waals surface area contributed by atoms with E-state index in [1.165, 1.54) is 27.8 Å². The summed E-state index contributed by atoms with van der Waals surface area (Å²) in [4.78, 5) is 0. The summed E-state index contributed by atoms with van der Waals surface area (Å²) in [5.74, 6) is 0. The highest BCUT2D eigenvalue weighted by Gasteiger charge is 2.15. The van der Waals surface area contributed by atoms with Crippen molar-refractivity contribution in [2.75, 3.05) is 0 Å². The molecule has 0 amide bonds. The van der Waals surface area contributed by atoms with Crippen molar-refractivity contribution in [3.63, 3.8) is 0 Å². The fourth-order valence-electron chi connectivity index (χ4n) is 2.78. The van der Waals surface area contributed by atoms with Gasteiger partial charge in [-0.1, -0.05) is 99.7 Å². The molecule has 0 atom stereocenters. The SMILES string of the molecule is CC(C)(C)c1ccc(C(=C2C=CC=C2)c2ccccc2)cc1. The van der Waals surface area contributed by atoms with Crippen LogP contribution in [0.1, 0.15) is 37.5 Å². The average Bonchev–Trinajstić information content (AvgIpc) is 3.02. The second-order valence-corrected chi connectivity index (χ2v) is 6.74. The monoisotopic (exact) mass is 286 g/mol. The summed E-state index contributed by atoms with van der Waals surface area (Å²) in [6, 6.07) is 19.6. The van der Waals surface area contributed by atoms with E-state index >= 15 is 0 Å². The fourth-order valence-corrected chi connectivity index (χ4v) is 2.78. The van der Waals surface area contributed by atoms with Crippen molar-refractivity contribution in [2.45, 2.75) is 26.2 Å². The van der Waals surface area contributed by atoms with E-state index in [2.05, 4.69) is 99.7 Å². The molecule has 110 valence electrons. The second kappa shape index (κ2) is 5.81. The first kappa shape index (κ1) is 14.6. The number of hydrogen-bond donors (Lipinski definition) is 0. The Labute approximate surface area is 133 Å². The van der Waals surface area contributed by atoms with Gasteiger partial charge >= 0.3 is 0 Å². The third-order valence-corrected chi connectivity index (χ3v) is 4.05. The quantitative estimate of drug-likeness (QED) is 0.643. The minimum absolute atomic E-state index is 0.186. The molecule has 3 rings (SSSR count). The molecule has 0 heterocycles. The molecule has 0 saturated carbocycles. The van der Waals surface area contributed by atoms with Crippen molar-refractivity contribution in [2.24, 2.45) is 0 Å². The van der Waals surface area contributed by atoms with Gasteiger partial charge in [0, 0.05) is 0 Å². The van der Waals surface area contributed by atoms with Gasteiger partial charge in [0.05, 0.1) is 0 Å². The van der Waals surface area contributed by atoms with E-state index in [1.54, 1.807) is 0 Å². The molecule has 0 heteroatoms. The number of rotatable bonds is 2. The molecule has 0 aliphatic heterocycles. The summed E-state index contributed by atoms with van der Waals surface area (Å²) < 4.78 is 0. The van der Waals surface area contributed by atoms with Gasteiger partial charge in [-0.3, -0.25) is 0 Å². The van der Waals surface area contributed by atoms with E-state index < -0.39 is 0 Å². The Morgan fingerprint density at radius 2 is 1.23 bits per heavy atom. The highest BCUT2D eigenvalue weighted by Crippen LogP contribution is 2.31. The zero-order chi connectivity index (χ0) is 15.6. The molecule has 1 aliphatic carbocycles. The molecule has 0 aromatic heterocycles. The van der Waals surface area contributed by atoms with Gasteiger partial charge in [-0.25, -0.2) is 0 Å². The standard InChI is InChI=1S/C22H22/c1-22(2,3)20-15-13-19(14-16-20)21(18-11-7-8-12-18)17-9-5-4-6-10-17/h4-16H,1-3H3. The van der Waals surface area contributed by atoms with Crippen LogP contribution in [-0.4, -0.2) is 0 Å². The largest absolute Gasteiger partial charge is 0.0622 e. The van der Waals surface area contributed by atoms with Crippen LogP contribution in [0.4, 0.5) is 0 Å². The lowest BCUT2D eigenvalue weighted by Crippen LogP contribution is -2.10. The molecular formula is C22H22. The molecule has 0 unspecified atom stereocenters. The molecule has 2 aromatic carbocycles. The van der Waals surface area contributed by atoms with Gasteiger partial charge in [0.25, 0.3) is 0 Å². The van der Waals surface area contributed by atoms with E-state index in [9.17, 15) is 0 Å². The van der Waals surface area contributed by atoms with Gasteiger partial charge in [0.2, 0.25) is 0 Å². The lowest BCUT2D eigenvalue weighted by Gasteiger charge is -2.20. The van der Waals surface area contributed by atoms with Crippen molar-refractivity contribution in [3.8, 4) is 0 Å². The molecule has 22 heavy (non-hydrogen) atoms. The molecule has 0 nitrogen and oxygen atoms in total. The molecule has 0 spiro atoms. The van der Waals surface area contributed by atoms with Crippen LogP contribution in [0.5, 0.6) is 0 Å². The minimum atomic E-state index is 0.186. The zero-order valence-corrected chi connectivity index (χ0v) is 13.5. The van der Waals surface area contributed by atoms with E-state index in [4.69, 9.17) is 0 Å². The van der Waals surface area contributed by atoms with Crippen LogP contribution in [0.25, 0.3) is 5.57 Å². The van der Waals surface area contributed by atoms with Crippen molar-refractivity contribution in [3.05, 3.63) is 101 Å². The maximum atomic E-state index is 2.25. The number of benzene rings is 2. The lowest BCUT2D eigenvalue weighted by atomic mass is 9.85. The van der Waals surface area contributed by atoms with Gasteiger partial charge in [-0.05, 0) is 33.3 Å². The highest BCUT2D eigenvalue weighted by atomic mass is 14.2. The van der Waals surface area contributed by atoms with Crippen molar-refractivity contribution in [1.29, 1.82) is 0 Å². The molecule has 0 saturated heterocycles. The van der Waals surface area contributed by atoms with Crippen LogP contribution < -0.4 is 0 Å². The Hall–Kier alpha value is -2.34. The predicted molar refractivity (Wildman–Crippen MR) is 95.9 cm³/mol. The summed E-state index contributed by atoms with van der Waals surface area (Å²) in [6.07, 6.45) is 8.56. The van der Waals surface area contributed by atoms with Crippen LogP contribution in [0.2, 0.25) is 0 Å². The maximum absolute atomic E-state index is 2.25. The Kier molecular flexibility index (Phi) is 3.85. The van der Waals surface area contributed by atoms with Crippen molar-refractivity contribution >= 4 is 5.57 Å². The summed E-state index contributed by atoms with van der Waals surface area (Å²) >= 11 is 0. The van der Waals surface area contributed by atoms with Gasteiger partial charge < -0.3 is 0 Å². The average molecular weight is 286 g/mol. The van der Waals surface area contributed by atoms with E-state index in [-0.39, 0.29) is 5.41 Å². The normalized spacial score (nSPS) is 13.7. The first-order valence-electron chi connectivity index (χ1n) is 7.81. The Balaban J connectivity index is 2.10. The van der Waals surface area contributed by atoms with E-state index in [1.807, 2.05) is 0 Å². The molecule has 2 aromatic rings. The van der Waals surface area contributed by atoms with Crippen LogP contribution in [0, 0.1) is 0 Å². The van der Waals surface area contributed by atoms with Gasteiger partial charge in [-0.15, -0.1) is 0 Å². The number of allylic oxidation sites excluding steroid dienone is 5. The third kappa shape index (κ3) is 2.96. The van der Waals surface area contributed by atoms with Crippen LogP contribution in [0.3, 0.4) is 0 Å². The smallest absolute Gasteiger partial charge is 0.00389 e. The molecular weight excluding hydrogens is 264 g/mol. The molecule has 1 aliphatic rings. The second-order valence-electron chi connectivity index (χ2n) is 6.74. The Morgan fingerprint density at radius 3 is 1.77 bits per heavy atom. The summed E-state index contributed by atoms with van der Waals surface area (Å²) in [7, 11) is 0. The van der Waals surface area contributed by atoms with Gasteiger partial charge in [0.1, 0.15) is 0 Å². The van der Waals surface area contributed by atoms with Crippen LogP contribution in [-0.2, 0) is 5.41 Å². The molecule has 0 radical (unpaired) electrons. The lowest BCUT2D eigenvalue weighted by molar-refractivity contribution is 0.590. The number of hydrogen-bond acceptors (Lipinski definition) is 0. The van der Waals surface area contributed by atoms with Gasteiger partial charge in [0.15, 0.2) is 0 Å². The first-order chi connectivity index (χ1) is 10.6. The Bertz CT molecular complexity index is 719. The topological polar surface area (TPSA) is 0 Å². The first-order valence-corrected chi connectivity index (χ1v) is 7.81. The fraction of sp³-hybridized carbons (Fsp3) is 0.182. The van der Waals surface area contributed by atoms with E-state index in [0.29, 0.717) is 0 Å². The molecule has 0 bridgehead atoms. The maximum Gasteiger partial charge on any atom is -0.00389 e. The van der Waals surface area contributed by atoms with Crippen LogP contribution >= 0.6 is 0 Å². The summed E-state index contributed by atoms with van der Waals surface area (Å²) in [5, 5.41) is 0. The van der Waals surface area contributed by atoms with Crippen molar-refractivity contribution < 1.29 is 0 Å². The third-order valence-electron chi connectivity index (χ3n) is 4.05. The zero-order valence-electron chi connectivity index (χ0n) is 13.5.